The third-order valence-corrected chi connectivity index (χ3v) is 3.56. The van der Waals surface area contributed by atoms with E-state index in [4.69, 9.17) is 4.74 Å². The Morgan fingerprint density at radius 2 is 1.86 bits per heavy atom. The zero-order valence-electron chi connectivity index (χ0n) is 11.0. The van der Waals surface area contributed by atoms with Gasteiger partial charge in [-0.05, 0) is 52.7 Å². The minimum absolute atomic E-state index is 0.104. The smallest absolute Gasteiger partial charge is 0.165 e. The molecule has 0 aliphatic heterocycles. The van der Waals surface area contributed by atoms with Crippen molar-refractivity contribution in [1.29, 1.82) is 0 Å². The van der Waals surface area contributed by atoms with Crippen LogP contribution in [0.25, 0.3) is 0 Å². The predicted octanol–water partition coefficient (Wildman–Crippen LogP) is 4.50. The van der Waals surface area contributed by atoms with Crippen LogP contribution in [0.5, 0.6) is 5.75 Å². The van der Waals surface area contributed by atoms with Crippen molar-refractivity contribution < 1.29 is 23.0 Å². The van der Waals surface area contributed by atoms with Crippen LogP contribution in [0.2, 0.25) is 0 Å². The highest BCUT2D eigenvalue weighted by Gasteiger charge is 2.14. The highest BCUT2D eigenvalue weighted by molar-refractivity contribution is 9.10. The maximum Gasteiger partial charge on any atom is 0.165 e. The van der Waals surface area contributed by atoms with Crippen LogP contribution in [0.15, 0.2) is 34.8 Å². The molecule has 1 atom stereocenters. The van der Waals surface area contributed by atoms with Gasteiger partial charge in [-0.2, -0.15) is 0 Å². The highest BCUT2D eigenvalue weighted by Crippen LogP contribution is 2.26. The van der Waals surface area contributed by atoms with Crippen molar-refractivity contribution in [1.82, 2.24) is 0 Å². The average Bonchev–Trinajstić information content (AvgIpc) is 2.44. The summed E-state index contributed by atoms with van der Waals surface area (Å²) in [4.78, 5) is 0. The second kappa shape index (κ2) is 6.49. The molecule has 0 radical (unpaired) electrons. The Kier molecular flexibility index (Phi) is 4.90. The van der Waals surface area contributed by atoms with Crippen LogP contribution < -0.4 is 4.74 Å². The first-order valence-corrected chi connectivity index (χ1v) is 6.92. The van der Waals surface area contributed by atoms with E-state index >= 15 is 0 Å². The summed E-state index contributed by atoms with van der Waals surface area (Å²) in [5.41, 5.74) is 0.100. The molecule has 0 saturated carbocycles. The fraction of sp³-hybridized carbons (Fsp3) is 0.200. The van der Waals surface area contributed by atoms with E-state index in [1.165, 1.54) is 25.1 Å². The summed E-state index contributed by atoms with van der Waals surface area (Å²) in [7, 11) is 0. The molecule has 0 aromatic heterocycles. The molecule has 0 heterocycles. The number of hydrogen-bond acceptors (Lipinski definition) is 2. The molecule has 6 heteroatoms. The van der Waals surface area contributed by atoms with Crippen molar-refractivity contribution >= 4 is 15.9 Å². The van der Waals surface area contributed by atoms with Crippen LogP contribution in [0, 0.1) is 17.5 Å². The molecule has 0 saturated heterocycles. The van der Waals surface area contributed by atoms with Crippen molar-refractivity contribution in [3.63, 3.8) is 0 Å². The van der Waals surface area contributed by atoms with Crippen LogP contribution in [0.1, 0.15) is 24.2 Å². The van der Waals surface area contributed by atoms with Crippen molar-refractivity contribution in [2.45, 2.75) is 19.6 Å². The van der Waals surface area contributed by atoms with Crippen LogP contribution >= 0.6 is 15.9 Å². The summed E-state index contributed by atoms with van der Waals surface area (Å²) >= 11 is 2.95. The van der Waals surface area contributed by atoms with Gasteiger partial charge in [0, 0.05) is 0 Å². The van der Waals surface area contributed by atoms with Gasteiger partial charge in [0.25, 0.3) is 0 Å². The predicted molar refractivity (Wildman–Crippen MR) is 75.4 cm³/mol. The number of rotatable bonds is 4. The van der Waals surface area contributed by atoms with Crippen LogP contribution in [0.3, 0.4) is 0 Å². The molecule has 0 aliphatic rings. The third kappa shape index (κ3) is 3.57. The maximum atomic E-state index is 13.8. The van der Waals surface area contributed by atoms with Crippen LogP contribution in [-0.2, 0) is 6.61 Å². The SMILES string of the molecule is C[C@@H](O)c1ccc(OCc2c(F)ccc(Br)c2F)c(F)c1. The summed E-state index contributed by atoms with van der Waals surface area (Å²) in [6.45, 7) is 1.06. The molecule has 0 fully saturated rings. The monoisotopic (exact) mass is 360 g/mol. The van der Waals surface area contributed by atoms with Gasteiger partial charge in [-0.3, -0.25) is 0 Å². The van der Waals surface area contributed by atoms with Crippen molar-refractivity contribution in [2.75, 3.05) is 0 Å². The molecular weight excluding hydrogens is 349 g/mol. The van der Waals surface area contributed by atoms with Gasteiger partial charge in [-0.15, -0.1) is 0 Å². The van der Waals surface area contributed by atoms with E-state index in [9.17, 15) is 18.3 Å². The average molecular weight is 361 g/mol. The fourth-order valence-electron chi connectivity index (χ4n) is 1.75. The van der Waals surface area contributed by atoms with E-state index in [1.54, 1.807) is 0 Å². The number of halogens is 4. The first-order valence-electron chi connectivity index (χ1n) is 6.13. The van der Waals surface area contributed by atoms with Gasteiger partial charge in [0.15, 0.2) is 11.6 Å². The molecule has 0 bridgehead atoms. The molecule has 0 spiro atoms. The summed E-state index contributed by atoms with van der Waals surface area (Å²) in [6.07, 6.45) is -0.812. The van der Waals surface area contributed by atoms with Gasteiger partial charge in [-0.1, -0.05) is 6.07 Å². The summed E-state index contributed by atoms with van der Waals surface area (Å²) in [5.74, 6) is -2.39. The second-order valence-corrected chi connectivity index (χ2v) is 5.33. The lowest BCUT2D eigenvalue weighted by Crippen LogP contribution is -2.04. The molecule has 112 valence electrons. The van der Waals surface area contributed by atoms with Gasteiger partial charge in [-0.25, -0.2) is 13.2 Å². The Balaban J connectivity index is 2.19. The number of benzene rings is 2. The van der Waals surface area contributed by atoms with Crippen molar-refractivity contribution in [2.24, 2.45) is 0 Å². The van der Waals surface area contributed by atoms with Crippen molar-refractivity contribution in [3.05, 3.63) is 63.4 Å². The van der Waals surface area contributed by atoms with E-state index in [2.05, 4.69) is 15.9 Å². The van der Waals surface area contributed by atoms with Gasteiger partial charge >= 0.3 is 0 Å². The number of aliphatic hydroxyl groups is 1. The van der Waals surface area contributed by atoms with E-state index in [1.807, 2.05) is 0 Å². The van der Waals surface area contributed by atoms with Crippen molar-refractivity contribution in [3.8, 4) is 5.75 Å². The van der Waals surface area contributed by atoms with Crippen LogP contribution in [0.4, 0.5) is 13.2 Å². The molecule has 0 unspecified atom stereocenters. The standard InChI is InChI=1S/C15H12BrF3O2/c1-8(20)9-2-5-14(13(18)6-9)21-7-10-12(17)4-3-11(16)15(10)19/h2-6,8,20H,7H2,1H3/t8-/m1/s1. The zero-order valence-corrected chi connectivity index (χ0v) is 12.6. The summed E-state index contributed by atoms with van der Waals surface area (Å²) < 4.78 is 46.3. The maximum absolute atomic E-state index is 13.8. The summed E-state index contributed by atoms with van der Waals surface area (Å²) in [5, 5.41) is 9.34. The molecule has 2 aromatic carbocycles. The molecule has 0 aliphatic carbocycles. The molecular formula is C15H12BrF3O2. The third-order valence-electron chi connectivity index (χ3n) is 2.95. The lowest BCUT2D eigenvalue weighted by atomic mass is 10.1. The Morgan fingerprint density at radius 3 is 2.48 bits per heavy atom. The van der Waals surface area contributed by atoms with Gasteiger partial charge < -0.3 is 9.84 Å². The number of ether oxygens (including phenoxy) is 1. The molecule has 1 N–H and O–H groups in total. The highest BCUT2D eigenvalue weighted by atomic mass is 79.9. The number of hydrogen-bond donors (Lipinski definition) is 1. The Morgan fingerprint density at radius 1 is 1.14 bits per heavy atom. The van der Waals surface area contributed by atoms with E-state index < -0.39 is 30.2 Å². The van der Waals surface area contributed by atoms with Gasteiger partial charge in [0.05, 0.1) is 16.1 Å². The zero-order chi connectivity index (χ0) is 15.6. The minimum atomic E-state index is -0.812. The Bertz CT molecular complexity index is 660. The lowest BCUT2D eigenvalue weighted by molar-refractivity contribution is 0.198. The first-order chi connectivity index (χ1) is 9.90. The van der Waals surface area contributed by atoms with Gasteiger partial charge in [0.1, 0.15) is 18.2 Å². The van der Waals surface area contributed by atoms with Crippen LogP contribution in [-0.4, -0.2) is 5.11 Å². The molecule has 2 nitrogen and oxygen atoms in total. The quantitative estimate of drug-likeness (QED) is 0.813. The first kappa shape index (κ1) is 15.9. The van der Waals surface area contributed by atoms with E-state index in [-0.39, 0.29) is 15.8 Å². The Hall–Kier alpha value is -1.53. The van der Waals surface area contributed by atoms with E-state index in [0.29, 0.717) is 5.56 Å². The minimum Gasteiger partial charge on any atom is -0.486 e. The molecule has 2 rings (SSSR count). The second-order valence-electron chi connectivity index (χ2n) is 4.48. The largest absolute Gasteiger partial charge is 0.486 e. The topological polar surface area (TPSA) is 29.5 Å². The van der Waals surface area contributed by atoms with E-state index in [0.717, 1.165) is 12.1 Å². The number of aliphatic hydroxyl groups excluding tert-OH is 1. The molecule has 2 aromatic rings. The van der Waals surface area contributed by atoms with Gasteiger partial charge in [0.2, 0.25) is 0 Å². The lowest BCUT2D eigenvalue weighted by Gasteiger charge is -2.11. The summed E-state index contributed by atoms with van der Waals surface area (Å²) in [6, 6.07) is 6.25. The fourth-order valence-corrected chi connectivity index (χ4v) is 2.12. The molecule has 21 heavy (non-hydrogen) atoms. The Labute approximate surface area is 128 Å². The normalized spacial score (nSPS) is 12.3. The molecule has 0 amide bonds.